The van der Waals surface area contributed by atoms with E-state index in [1.54, 1.807) is 25.6 Å². The van der Waals surface area contributed by atoms with Crippen molar-refractivity contribution < 1.29 is 14.7 Å². The van der Waals surface area contributed by atoms with Gasteiger partial charge >= 0.3 is 5.97 Å². The standard InChI is InChI=1S/C8H17NO3S/c1-6(2)12-8(10)7(9-11)4-5-13-3/h6-7,9,11H,4-5H2,1-3H3. The van der Waals surface area contributed by atoms with E-state index in [4.69, 9.17) is 9.94 Å². The van der Waals surface area contributed by atoms with Crippen LogP contribution in [0.2, 0.25) is 0 Å². The Morgan fingerprint density at radius 1 is 1.62 bits per heavy atom. The monoisotopic (exact) mass is 207 g/mol. The lowest BCUT2D eigenvalue weighted by Gasteiger charge is -2.15. The molecule has 78 valence electrons. The lowest BCUT2D eigenvalue weighted by Crippen LogP contribution is -2.37. The summed E-state index contributed by atoms with van der Waals surface area (Å²) in [5.74, 6) is 0.414. The maximum absolute atomic E-state index is 11.2. The molecule has 0 aromatic rings. The smallest absolute Gasteiger partial charge is 0.325 e. The second kappa shape index (κ2) is 7.17. The molecule has 0 bridgehead atoms. The van der Waals surface area contributed by atoms with Crippen molar-refractivity contribution in [3.8, 4) is 0 Å². The Kier molecular flexibility index (Phi) is 7.03. The maximum Gasteiger partial charge on any atom is 0.325 e. The van der Waals surface area contributed by atoms with E-state index in [1.165, 1.54) is 0 Å². The predicted molar refractivity (Wildman–Crippen MR) is 52.9 cm³/mol. The number of carbonyl (C=O) groups excluding carboxylic acids is 1. The van der Waals surface area contributed by atoms with Crippen molar-refractivity contribution >= 4 is 17.7 Å². The minimum Gasteiger partial charge on any atom is -0.462 e. The number of hydrogen-bond donors (Lipinski definition) is 2. The van der Waals surface area contributed by atoms with Gasteiger partial charge in [0.1, 0.15) is 6.04 Å². The Bertz CT molecular complexity index is 152. The molecule has 0 saturated heterocycles. The van der Waals surface area contributed by atoms with Crippen molar-refractivity contribution in [1.82, 2.24) is 5.48 Å². The largest absolute Gasteiger partial charge is 0.462 e. The highest BCUT2D eigenvalue weighted by atomic mass is 32.2. The normalized spacial score (nSPS) is 13.0. The Labute approximate surface area is 83.0 Å². The summed E-state index contributed by atoms with van der Waals surface area (Å²) in [7, 11) is 0. The van der Waals surface area contributed by atoms with E-state index < -0.39 is 12.0 Å². The molecule has 0 aliphatic rings. The van der Waals surface area contributed by atoms with E-state index in [0.717, 1.165) is 5.75 Å². The molecular weight excluding hydrogens is 190 g/mol. The molecular formula is C8H17NO3S. The van der Waals surface area contributed by atoms with E-state index in [2.05, 4.69) is 0 Å². The molecule has 0 aromatic heterocycles. The van der Waals surface area contributed by atoms with Crippen LogP contribution in [0.1, 0.15) is 20.3 Å². The van der Waals surface area contributed by atoms with E-state index in [-0.39, 0.29) is 6.10 Å². The molecule has 0 heterocycles. The molecule has 13 heavy (non-hydrogen) atoms. The molecule has 0 aliphatic heterocycles. The molecule has 0 amide bonds. The van der Waals surface area contributed by atoms with Crippen molar-refractivity contribution in [2.75, 3.05) is 12.0 Å². The van der Waals surface area contributed by atoms with Crippen LogP contribution in [0.15, 0.2) is 0 Å². The van der Waals surface area contributed by atoms with Gasteiger partial charge in [0, 0.05) is 0 Å². The van der Waals surface area contributed by atoms with Crippen molar-refractivity contribution in [3.63, 3.8) is 0 Å². The molecule has 0 spiro atoms. The average molecular weight is 207 g/mol. The predicted octanol–water partition coefficient (Wildman–Crippen LogP) is 1.04. The average Bonchev–Trinajstić information content (AvgIpc) is 2.04. The van der Waals surface area contributed by atoms with Gasteiger partial charge in [0.25, 0.3) is 0 Å². The fourth-order valence-corrected chi connectivity index (χ4v) is 1.26. The van der Waals surface area contributed by atoms with Crippen molar-refractivity contribution in [3.05, 3.63) is 0 Å². The summed E-state index contributed by atoms with van der Waals surface area (Å²) in [4.78, 5) is 11.2. The van der Waals surface area contributed by atoms with Crippen molar-refractivity contribution in [2.24, 2.45) is 0 Å². The summed E-state index contributed by atoms with van der Waals surface area (Å²) < 4.78 is 4.93. The van der Waals surface area contributed by atoms with E-state index in [0.29, 0.717) is 6.42 Å². The van der Waals surface area contributed by atoms with Crippen LogP contribution in [0, 0.1) is 0 Å². The van der Waals surface area contributed by atoms with Crippen LogP contribution in [0.5, 0.6) is 0 Å². The zero-order valence-electron chi connectivity index (χ0n) is 8.24. The van der Waals surface area contributed by atoms with Gasteiger partial charge in [-0.1, -0.05) is 0 Å². The van der Waals surface area contributed by atoms with Gasteiger partial charge in [0.2, 0.25) is 0 Å². The first-order chi connectivity index (χ1) is 6.11. The number of nitrogens with one attached hydrogen (secondary N) is 1. The summed E-state index contributed by atoms with van der Waals surface area (Å²) >= 11 is 1.62. The number of ether oxygens (including phenoxy) is 1. The Morgan fingerprint density at radius 2 is 2.23 bits per heavy atom. The molecule has 5 heteroatoms. The number of hydrogen-bond acceptors (Lipinski definition) is 5. The maximum atomic E-state index is 11.2. The van der Waals surface area contributed by atoms with Gasteiger partial charge in [-0.05, 0) is 32.3 Å². The van der Waals surface area contributed by atoms with Crippen LogP contribution in [-0.2, 0) is 9.53 Å². The van der Waals surface area contributed by atoms with Gasteiger partial charge in [0.05, 0.1) is 6.10 Å². The first-order valence-electron chi connectivity index (χ1n) is 4.20. The third-order valence-electron chi connectivity index (χ3n) is 1.40. The highest BCUT2D eigenvalue weighted by Crippen LogP contribution is 2.03. The fraction of sp³-hybridized carbons (Fsp3) is 0.875. The lowest BCUT2D eigenvalue weighted by molar-refractivity contribution is -0.152. The summed E-state index contributed by atoms with van der Waals surface area (Å²) in [6.45, 7) is 3.56. The van der Waals surface area contributed by atoms with Gasteiger partial charge in [-0.2, -0.15) is 17.2 Å². The number of thioether (sulfide) groups is 1. The van der Waals surface area contributed by atoms with E-state index in [1.807, 2.05) is 11.7 Å². The number of rotatable bonds is 6. The van der Waals surface area contributed by atoms with Crippen LogP contribution in [0.3, 0.4) is 0 Å². The van der Waals surface area contributed by atoms with Crippen molar-refractivity contribution in [2.45, 2.75) is 32.4 Å². The van der Waals surface area contributed by atoms with Crippen LogP contribution in [0.25, 0.3) is 0 Å². The SMILES string of the molecule is CSCCC(NO)C(=O)OC(C)C. The number of esters is 1. The summed E-state index contributed by atoms with van der Waals surface area (Å²) in [5.41, 5.74) is 1.95. The third-order valence-corrected chi connectivity index (χ3v) is 2.05. The molecule has 0 aromatic carbocycles. The minimum absolute atomic E-state index is 0.141. The molecule has 0 fully saturated rings. The van der Waals surface area contributed by atoms with Crippen LogP contribution < -0.4 is 5.48 Å². The first kappa shape index (κ1) is 12.7. The molecule has 1 atom stereocenters. The van der Waals surface area contributed by atoms with E-state index in [9.17, 15) is 4.79 Å². The number of carbonyl (C=O) groups is 1. The van der Waals surface area contributed by atoms with Gasteiger partial charge in [-0.25, -0.2) is 0 Å². The van der Waals surface area contributed by atoms with Crippen LogP contribution in [0.4, 0.5) is 0 Å². The topological polar surface area (TPSA) is 58.6 Å². The number of hydroxylamine groups is 1. The quantitative estimate of drug-likeness (QED) is 0.503. The van der Waals surface area contributed by atoms with E-state index >= 15 is 0 Å². The molecule has 0 rings (SSSR count). The van der Waals surface area contributed by atoms with Gasteiger partial charge in [0.15, 0.2) is 0 Å². The second-order valence-electron chi connectivity index (χ2n) is 2.95. The van der Waals surface area contributed by atoms with Crippen LogP contribution >= 0.6 is 11.8 Å². The summed E-state index contributed by atoms with van der Waals surface area (Å²) in [5, 5.41) is 8.68. The zero-order valence-corrected chi connectivity index (χ0v) is 9.06. The second-order valence-corrected chi connectivity index (χ2v) is 3.93. The summed E-state index contributed by atoms with van der Waals surface area (Å²) in [6, 6.07) is -0.602. The Balaban J connectivity index is 3.84. The van der Waals surface area contributed by atoms with Crippen LogP contribution in [-0.4, -0.2) is 35.3 Å². The molecule has 2 N–H and O–H groups in total. The highest BCUT2D eigenvalue weighted by Gasteiger charge is 2.19. The Hall–Kier alpha value is -0.260. The fourth-order valence-electron chi connectivity index (χ4n) is 0.785. The third kappa shape index (κ3) is 5.90. The van der Waals surface area contributed by atoms with Crippen molar-refractivity contribution in [1.29, 1.82) is 0 Å². The summed E-state index contributed by atoms with van der Waals surface area (Å²) in [6.07, 6.45) is 2.38. The van der Waals surface area contributed by atoms with Gasteiger partial charge < -0.3 is 9.94 Å². The zero-order chi connectivity index (χ0) is 10.3. The highest BCUT2D eigenvalue weighted by molar-refractivity contribution is 7.98. The lowest BCUT2D eigenvalue weighted by atomic mass is 10.2. The first-order valence-corrected chi connectivity index (χ1v) is 5.60. The minimum atomic E-state index is -0.602. The van der Waals surface area contributed by atoms with Gasteiger partial charge in [-0.3, -0.25) is 4.79 Å². The molecule has 4 nitrogen and oxygen atoms in total. The molecule has 0 radical (unpaired) electrons. The Morgan fingerprint density at radius 3 is 2.62 bits per heavy atom. The van der Waals surface area contributed by atoms with Gasteiger partial charge in [-0.15, -0.1) is 0 Å². The molecule has 0 aliphatic carbocycles. The molecule has 1 unspecified atom stereocenters. The molecule has 0 saturated carbocycles.